The smallest absolute Gasteiger partial charge is 0.242 e. The highest BCUT2D eigenvalue weighted by Gasteiger charge is 2.21. The first-order valence-electron chi connectivity index (χ1n) is 9.66. The van der Waals surface area contributed by atoms with Crippen molar-refractivity contribution < 1.29 is 17.9 Å². The summed E-state index contributed by atoms with van der Waals surface area (Å²) < 4.78 is 31.6. The van der Waals surface area contributed by atoms with Crippen molar-refractivity contribution in [2.45, 2.75) is 44.4 Å². The third kappa shape index (κ3) is 5.81. The van der Waals surface area contributed by atoms with Crippen LogP contribution in [0.2, 0.25) is 0 Å². The van der Waals surface area contributed by atoms with E-state index in [1.165, 1.54) is 30.6 Å². The molecule has 0 radical (unpaired) electrons. The molecule has 0 aliphatic rings. The number of rotatable bonds is 9. The predicted octanol–water partition coefficient (Wildman–Crippen LogP) is 4.17. The van der Waals surface area contributed by atoms with Crippen molar-refractivity contribution in [2.75, 3.05) is 26.0 Å². The Morgan fingerprint density at radius 1 is 1.14 bits per heavy atom. The van der Waals surface area contributed by atoms with Crippen LogP contribution in [0.5, 0.6) is 5.75 Å². The van der Waals surface area contributed by atoms with E-state index in [1.807, 2.05) is 25.1 Å². The number of ether oxygens (including phenoxy) is 1. The van der Waals surface area contributed by atoms with Crippen molar-refractivity contribution in [2.24, 2.45) is 0 Å². The Hall–Kier alpha value is -2.38. The molecule has 0 atom stereocenters. The topological polar surface area (TPSA) is 75.7 Å². The van der Waals surface area contributed by atoms with Crippen LogP contribution in [-0.2, 0) is 14.8 Å². The van der Waals surface area contributed by atoms with Crippen LogP contribution in [-0.4, -0.2) is 39.3 Å². The molecule has 2 aromatic rings. The molecule has 0 aliphatic heterocycles. The third-order valence-electron chi connectivity index (χ3n) is 4.84. The number of sulfonamides is 1. The van der Waals surface area contributed by atoms with E-state index in [9.17, 15) is 13.2 Å². The Morgan fingerprint density at radius 2 is 1.79 bits per heavy atom. The molecular weight excluding hydrogens is 388 g/mol. The number of benzene rings is 2. The first-order chi connectivity index (χ1) is 13.7. The van der Waals surface area contributed by atoms with Crippen LogP contribution in [0.15, 0.2) is 47.4 Å². The second-order valence-electron chi connectivity index (χ2n) is 7.35. The van der Waals surface area contributed by atoms with E-state index >= 15 is 0 Å². The van der Waals surface area contributed by atoms with Gasteiger partial charge in [-0.1, -0.05) is 32.0 Å². The number of hydrogen-bond acceptors (Lipinski definition) is 4. The Morgan fingerprint density at radius 3 is 2.38 bits per heavy atom. The SMILES string of the molecule is COc1ccc(S(=O)(=O)N(C)CCCC(=O)Nc2c(C)cccc2C(C)C)cc1. The van der Waals surface area contributed by atoms with E-state index < -0.39 is 10.0 Å². The van der Waals surface area contributed by atoms with E-state index in [0.29, 0.717) is 18.1 Å². The van der Waals surface area contributed by atoms with Gasteiger partial charge in [-0.2, -0.15) is 0 Å². The molecule has 0 fully saturated rings. The third-order valence-corrected chi connectivity index (χ3v) is 6.71. The summed E-state index contributed by atoms with van der Waals surface area (Å²) in [6.07, 6.45) is 0.676. The fraction of sp³-hybridized carbons (Fsp3) is 0.409. The minimum Gasteiger partial charge on any atom is -0.497 e. The molecule has 0 saturated heterocycles. The summed E-state index contributed by atoms with van der Waals surface area (Å²) in [5, 5.41) is 3.00. The molecule has 0 aromatic heterocycles. The molecule has 158 valence electrons. The number of nitrogens with one attached hydrogen (secondary N) is 1. The molecule has 6 nitrogen and oxygen atoms in total. The standard InChI is InChI=1S/C22H30N2O4S/c1-16(2)20-9-6-8-17(3)22(20)23-21(25)10-7-15-24(4)29(26,27)19-13-11-18(28-5)12-14-19/h6,8-9,11-14,16H,7,10,15H2,1-5H3,(H,23,25). The second-order valence-corrected chi connectivity index (χ2v) is 9.39. The number of anilines is 1. The number of methoxy groups -OCH3 is 1. The summed E-state index contributed by atoms with van der Waals surface area (Å²) in [5.74, 6) is 0.780. The van der Waals surface area contributed by atoms with Crippen LogP contribution in [0.1, 0.15) is 43.7 Å². The van der Waals surface area contributed by atoms with E-state index in [-0.39, 0.29) is 23.8 Å². The van der Waals surface area contributed by atoms with Gasteiger partial charge in [-0.3, -0.25) is 4.79 Å². The van der Waals surface area contributed by atoms with E-state index in [2.05, 4.69) is 19.2 Å². The molecule has 1 N–H and O–H groups in total. The van der Waals surface area contributed by atoms with Crippen LogP contribution in [0.4, 0.5) is 5.69 Å². The number of nitrogens with zero attached hydrogens (tertiary/aromatic N) is 1. The molecule has 0 unspecified atom stereocenters. The van der Waals surface area contributed by atoms with Gasteiger partial charge in [0.2, 0.25) is 15.9 Å². The molecule has 29 heavy (non-hydrogen) atoms. The Balaban J connectivity index is 1.94. The largest absolute Gasteiger partial charge is 0.497 e. The molecule has 0 aliphatic carbocycles. The Kier molecular flexibility index (Phi) is 7.81. The average molecular weight is 419 g/mol. The van der Waals surface area contributed by atoms with Crippen LogP contribution in [0.3, 0.4) is 0 Å². The number of para-hydroxylation sites is 1. The van der Waals surface area contributed by atoms with Crippen molar-refractivity contribution in [3.63, 3.8) is 0 Å². The van der Waals surface area contributed by atoms with E-state index in [0.717, 1.165) is 16.8 Å². The first-order valence-corrected chi connectivity index (χ1v) is 11.1. The zero-order chi connectivity index (χ0) is 21.6. The zero-order valence-electron chi connectivity index (χ0n) is 17.7. The number of hydrogen-bond donors (Lipinski definition) is 1. The maximum atomic E-state index is 12.6. The molecule has 0 bridgehead atoms. The summed E-state index contributed by atoms with van der Waals surface area (Å²) in [6, 6.07) is 12.2. The fourth-order valence-corrected chi connectivity index (χ4v) is 4.26. The number of carbonyl (C=O) groups excluding carboxylic acids is 1. The highest BCUT2D eigenvalue weighted by atomic mass is 32.2. The lowest BCUT2D eigenvalue weighted by Crippen LogP contribution is -2.28. The summed E-state index contributed by atoms with van der Waals surface area (Å²) in [5.41, 5.74) is 2.97. The summed E-state index contributed by atoms with van der Waals surface area (Å²) in [4.78, 5) is 12.6. The minimum absolute atomic E-state index is 0.114. The average Bonchev–Trinajstić information content (AvgIpc) is 2.69. The summed E-state index contributed by atoms with van der Waals surface area (Å²) in [6.45, 7) is 6.40. The van der Waals surface area contributed by atoms with Crippen LogP contribution >= 0.6 is 0 Å². The van der Waals surface area contributed by atoms with Gasteiger partial charge >= 0.3 is 0 Å². The highest BCUT2D eigenvalue weighted by molar-refractivity contribution is 7.89. The van der Waals surface area contributed by atoms with Gasteiger partial charge in [-0.05, 0) is 54.7 Å². The lowest BCUT2D eigenvalue weighted by molar-refractivity contribution is -0.116. The zero-order valence-corrected chi connectivity index (χ0v) is 18.5. The minimum atomic E-state index is -3.60. The van der Waals surface area contributed by atoms with Gasteiger partial charge in [-0.15, -0.1) is 0 Å². The van der Waals surface area contributed by atoms with Crippen molar-refractivity contribution in [1.29, 1.82) is 0 Å². The maximum Gasteiger partial charge on any atom is 0.242 e. The van der Waals surface area contributed by atoms with Gasteiger partial charge in [0, 0.05) is 25.7 Å². The van der Waals surface area contributed by atoms with Crippen molar-refractivity contribution in [3.8, 4) is 5.75 Å². The van der Waals surface area contributed by atoms with Gasteiger partial charge in [0.15, 0.2) is 0 Å². The summed E-state index contributed by atoms with van der Waals surface area (Å²) >= 11 is 0. The predicted molar refractivity (Wildman–Crippen MR) is 116 cm³/mol. The van der Waals surface area contributed by atoms with E-state index in [1.54, 1.807) is 12.1 Å². The van der Waals surface area contributed by atoms with Gasteiger partial charge in [0.1, 0.15) is 5.75 Å². The first kappa shape index (κ1) is 22.9. The monoisotopic (exact) mass is 418 g/mol. The molecule has 0 saturated carbocycles. The highest BCUT2D eigenvalue weighted by Crippen LogP contribution is 2.27. The summed E-state index contributed by atoms with van der Waals surface area (Å²) in [7, 11) is -0.546. The number of amides is 1. The molecular formula is C22H30N2O4S. The quantitative estimate of drug-likeness (QED) is 0.663. The number of aryl methyl sites for hydroxylation is 1. The lowest BCUT2D eigenvalue weighted by Gasteiger charge is -2.18. The fourth-order valence-electron chi connectivity index (χ4n) is 3.05. The van der Waals surface area contributed by atoms with Crippen LogP contribution in [0.25, 0.3) is 0 Å². The molecule has 2 aromatic carbocycles. The molecule has 2 rings (SSSR count). The van der Waals surface area contributed by atoms with Crippen molar-refractivity contribution >= 4 is 21.6 Å². The second kappa shape index (κ2) is 9.89. The Labute approximate surface area is 173 Å². The van der Waals surface area contributed by atoms with Gasteiger partial charge in [0.05, 0.1) is 12.0 Å². The van der Waals surface area contributed by atoms with E-state index in [4.69, 9.17) is 4.74 Å². The van der Waals surface area contributed by atoms with Crippen LogP contribution in [0, 0.1) is 6.92 Å². The molecule has 1 amide bonds. The van der Waals surface area contributed by atoms with Gasteiger partial charge in [-0.25, -0.2) is 12.7 Å². The number of carbonyl (C=O) groups is 1. The molecule has 7 heteroatoms. The van der Waals surface area contributed by atoms with Gasteiger partial charge < -0.3 is 10.1 Å². The maximum absolute atomic E-state index is 12.6. The van der Waals surface area contributed by atoms with Crippen molar-refractivity contribution in [3.05, 3.63) is 53.6 Å². The van der Waals surface area contributed by atoms with Crippen LogP contribution < -0.4 is 10.1 Å². The molecule has 0 heterocycles. The lowest BCUT2D eigenvalue weighted by atomic mass is 9.98. The Bertz CT molecular complexity index is 938. The van der Waals surface area contributed by atoms with Gasteiger partial charge in [0.25, 0.3) is 0 Å². The normalized spacial score (nSPS) is 11.7. The van der Waals surface area contributed by atoms with Crippen molar-refractivity contribution in [1.82, 2.24) is 4.31 Å². The molecule has 0 spiro atoms.